The summed E-state index contributed by atoms with van der Waals surface area (Å²) in [5.74, 6) is 0. The van der Waals surface area contributed by atoms with Gasteiger partial charge in [0, 0.05) is 25.2 Å². The van der Waals surface area contributed by atoms with Crippen LogP contribution in [-0.4, -0.2) is 35.8 Å². The summed E-state index contributed by atoms with van der Waals surface area (Å²) in [5, 5.41) is 12.4. The Kier molecular flexibility index (Phi) is 5.80. The quantitative estimate of drug-likeness (QED) is 0.766. The lowest BCUT2D eigenvalue weighted by Crippen LogP contribution is -2.41. The predicted octanol–water partition coefficient (Wildman–Crippen LogP) is 2.49. The molecule has 0 saturated heterocycles. The van der Waals surface area contributed by atoms with Crippen molar-refractivity contribution in [2.24, 2.45) is 0 Å². The van der Waals surface area contributed by atoms with E-state index in [4.69, 9.17) is 5.11 Å². The Balaban J connectivity index is 2.04. The summed E-state index contributed by atoms with van der Waals surface area (Å²) in [6.45, 7) is 6.38. The van der Waals surface area contributed by atoms with Crippen LogP contribution in [0.5, 0.6) is 0 Å². The van der Waals surface area contributed by atoms with E-state index < -0.39 is 0 Å². The van der Waals surface area contributed by atoms with Gasteiger partial charge in [-0.15, -0.1) is 0 Å². The van der Waals surface area contributed by atoms with Crippen LogP contribution in [0.15, 0.2) is 18.3 Å². The first-order valence-corrected chi connectivity index (χ1v) is 7.83. The van der Waals surface area contributed by atoms with Crippen LogP contribution in [0.25, 0.3) is 0 Å². The lowest BCUT2D eigenvalue weighted by molar-refractivity contribution is 0.283. The Hall–Kier alpha value is -1.13. The van der Waals surface area contributed by atoms with Crippen molar-refractivity contribution in [1.82, 2.24) is 10.3 Å². The molecule has 1 aromatic heterocycles. The van der Waals surface area contributed by atoms with Crippen molar-refractivity contribution in [2.75, 3.05) is 24.6 Å². The molecule has 0 spiro atoms. The zero-order chi connectivity index (χ0) is 14.4. The van der Waals surface area contributed by atoms with Crippen molar-refractivity contribution in [1.29, 1.82) is 0 Å². The fourth-order valence-electron chi connectivity index (χ4n) is 2.70. The van der Waals surface area contributed by atoms with E-state index in [1.54, 1.807) is 0 Å². The fourth-order valence-corrected chi connectivity index (χ4v) is 2.70. The second kappa shape index (κ2) is 7.60. The molecule has 1 atom stereocenters. The zero-order valence-corrected chi connectivity index (χ0v) is 12.7. The van der Waals surface area contributed by atoms with Gasteiger partial charge in [0.2, 0.25) is 0 Å². The van der Waals surface area contributed by atoms with Gasteiger partial charge in [0.05, 0.1) is 17.6 Å². The molecule has 0 aliphatic heterocycles. The van der Waals surface area contributed by atoms with E-state index in [1.807, 2.05) is 6.20 Å². The van der Waals surface area contributed by atoms with Gasteiger partial charge in [-0.3, -0.25) is 4.98 Å². The van der Waals surface area contributed by atoms with Crippen molar-refractivity contribution in [2.45, 2.75) is 51.6 Å². The standard InChI is InChI=1S/C16H27N3O/c1-3-17-13(2)16-9-8-15(12-18-16)19(10-5-11-20)14-6-4-7-14/h8-9,12-14,17,20H,3-7,10-11H2,1-2H3. The van der Waals surface area contributed by atoms with Gasteiger partial charge in [0.25, 0.3) is 0 Å². The molecular formula is C16H27N3O. The molecule has 1 saturated carbocycles. The molecular weight excluding hydrogens is 250 g/mol. The number of pyridine rings is 1. The third kappa shape index (κ3) is 3.70. The zero-order valence-electron chi connectivity index (χ0n) is 12.7. The summed E-state index contributed by atoms with van der Waals surface area (Å²) in [6, 6.07) is 5.23. The summed E-state index contributed by atoms with van der Waals surface area (Å²) in [4.78, 5) is 7.01. The first-order valence-electron chi connectivity index (χ1n) is 7.83. The summed E-state index contributed by atoms with van der Waals surface area (Å²) in [5.41, 5.74) is 2.28. The van der Waals surface area contributed by atoms with Gasteiger partial charge in [-0.2, -0.15) is 0 Å². The molecule has 1 unspecified atom stereocenters. The molecule has 20 heavy (non-hydrogen) atoms. The molecule has 1 aromatic rings. The Bertz CT molecular complexity index is 389. The first-order chi connectivity index (χ1) is 9.76. The number of anilines is 1. The molecule has 2 N–H and O–H groups in total. The van der Waals surface area contributed by atoms with Crippen molar-refractivity contribution in [3.63, 3.8) is 0 Å². The highest BCUT2D eigenvalue weighted by atomic mass is 16.3. The third-order valence-electron chi connectivity index (χ3n) is 4.13. The summed E-state index contributed by atoms with van der Waals surface area (Å²) < 4.78 is 0. The van der Waals surface area contributed by atoms with Crippen LogP contribution in [-0.2, 0) is 0 Å². The number of aliphatic hydroxyl groups excluding tert-OH is 1. The molecule has 1 aliphatic rings. The van der Waals surface area contributed by atoms with Crippen LogP contribution in [0.1, 0.15) is 51.3 Å². The van der Waals surface area contributed by atoms with Gasteiger partial charge in [0.1, 0.15) is 0 Å². The maximum atomic E-state index is 9.06. The van der Waals surface area contributed by atoms with E-state index in [0.717, 1.165) is 25.2 Å². The monoisotopic (exact) mass is 277 g/mol. The Labute approximate surface area is 122 Å². The molecule has 0 radical (unpaired) electrons. The van der Waals surface area contributed by atoms with Gasteiger partial charge < -0.3 is 15.3 Å². The molecule has 4 heteroatoms. The van der Waals surface area contributed by atoms with Crippen molar-refractivity contribution < 1.29 is 5.11 Å². The highest BCUT2D eigenvalue weighted by Crippen LogP contribution is 2.29. The largest absolute Gasteiger partial charge is 0.396 e. The maximum absolute atomic E-state index is 9.06. The van der Waals surface area contributed by atoms with Gasteiger partial charge in [0.15, 0.2) is 0 Å². The van der Waals surface area contributed by atoms with Gasteiger partial charge in [-0.05, 0) is 51.3 Å². The van der Waals surface area contributed by atoms with Gasteiger partial charge in [-0.25, -0.2) is 0 Å². The van der Waals surface area contributed by atoms with Crippen LogP contribution in [0.3, 0.4) is 0 Å². The SMILES string of the molecule is CCNC(C)c1ccc(N(CCCO)C2CCC2)cn1. The van der Waals surface area contributed by atoms with Crippen LogP contribution in [0.2, 0.25) is 0 Å². The molecule has 112 valence electrons. The van der Waals surface area contributed by atoms with E-state index in [-0.39, 0.29) is 6.61 Å². The molecule has 0 amide bonds. The Morgan fingerprint density at radius 1 is 1.45 bits per heavy atom. The van der Waals surface area contributed by atoms with E-state index >= 15 is 0 Å². The molecule has 4 nitrogen and oxygen atoms in total. The number of nitrogens with zero attached hydrogens (tertiary/aromatic N) is 2. The number of hydrogen-bond donors (Lipinski definition) is 2. The number of aromatic nitrogens is 1. The highest BCUT2D eigenvalue weighted by Gasteiger charge is 2.25. The van der Waals surface area contributed by atoms with Crippen LogP contribution >= 0.6 is 0 Å². The lowest BCUT2D eigenvalue weighted by Gasteiger charge is -2.39. The van der Waals surface area contributed by atoms with E-state index in [2.05, 4.69) is 41.2 Å². The first kappa shape index (κ1) is 15.3. The number of rotatable bonds is 8. The van der Waals surface area contributed by atoms with E-state index in [0.29, 0.717) is 12.1 Å². The molecule has 0 bridgehead atoms. The van der Waals surface area contributed by atoms with Crippen LogP contribution in [0.4, 0.5) is 5.69 Å². The average Bonchev–Trinajstić information content (AvgIpc) is 2.42. The summed E-state index contributed by atoms with van der Waals surface area (Å²) in [7, 11) is 0. The number of nitrogens with one attached hydrogen (secondary N) is 1. The third-order valence-corrected chi connectivity index (χ3v) is 4.13. The predicted molar refractivity (Wildman–Crippen MR) is 83.0 cm³/mol. The second-order valence-electron chi connectivity index (χ2n) is 5.58. The minimum absolute atomic E-state index is 0.256. The summed E-state index contributed by atoms with van der Waals surface area (Å²) >= 11 is 0. The highest BCUT2D eigenvalue weighted by molar-refractivity contribution is 5.46. The molecule has 1 fully saturated rings. The number of hydrogen-bond acceptors (Lipinski definition) is 4. The summed E-state index contributed by atoms with van der Waals surface area (Å²) in [6.07, 6.45) is 6.66. The van der Waals surface area contributed by atoms with Crippen molar-refractivity contribution >= 4 is 5.69 Å². The Morgan fingerprint density at radius 2 is 2.25 bits per heavy atom. The van der Waals surface area contributed by atoms with Gasteiger partial charge in [-0.1, -0.05) is 6.92 Å². The molecule has 2 rings (SSSR count). The van der Waals surface area contributed by atoms with Crippen LogP contribution < -0.4 is 10.2 Å². The second-order valence-corrected chi connectivity index (χ2v) is 5.58. The Morgan fingerprint density at radius 3 is 2.75 bits per heavy atom. The maximum Gasteiger partial charge on any atom is 0.0572 e. The minimum atomic E-state index is 0.256. The lowest BCUT2D eigenvalue weighted by atomic mass is 9.91. The van der Waals surface area contributed by atoms with E-state index in [9.17, 15) is 0 Å². The minimum Gasteiger partial charge on any atom is -0.396 e. The van der Waals surface area contributed by atoms with E-state index in [1.165, 1.54) is 24.9 Å². The smallest absolute Gasteiger partial charge is 0.0572 e. The normalized spacial score (nSPS) is 16.8. The van der Waals surface area contributed by atoms with Gasteiger partial charge >= 0.3 is 0 Å². The molecule has 1 aliphatic carbocycles. The topological polar surface area (TPSA) is 48.4 Å². The van der Waals surface area contributed by atoms with Crippen molar-refractivity contribution in [3.05, 3.63) is 24.0 Å². The number of aliphatic hydroxyl groups is 1. The average molecular weight is 277 g/mol. The fraction of sp³-hybridized carbons (Fsp3) is 0.688. The molecule has 1 heterocycles. The molecule has 0 aromatic carbocycles. The van der Waals surface area contributed by atoms with Crippen molar-refractivity contribution in [3.8, 4) is 0 Å². The van der Waals surface area contributed by atoms with Crippen LogP contribution in [0, 0.1) is 0 Å².